The van der Waals surface area contributed by atoms with Crippen LogP contribution in [0.1, 0.15) is 24.6 Å². The molecule has 0 radical (unpaired) electrons. The highest BCUT2D eigenvalue weighted by Crippen LogP contribution is 2.37. The van der Waals surface area contributed by atoms with Gasteiger partial charge in [-0.3, -0.25) is 9.00 Å². The number of hydrogen-bond donors (Lipinski definition) is 2. The summed E-state index contributed by atoms with van der Waals surface area (Å²) >= 11 is 0. The molecule has 5 nitrogen and oxygen atoms in total. The lowest BCUT2D eigenvalue weighted by Gasteiger charge is -2.05. The van der Waals surface area contributed by atoms with Crippen LogP contribution in [0.4, 0.5) is 5.82 Å². The third kappa shape index (κ3) is 3.16. The Morgan fingerprint density at radius 3 is 3.00 bits per heavy atom. The zero-order chi connectivity index (χ0) is 11.5. The van der Waals surface area contributed by atoms with Crippen LogP contribution in [-0.2, 0) is 10.8 Å². The summed E-state index contributed by atoms with van der Waals surface area (Å²) in [7, 11) is -0.823. The minimum Gasteiger partial charge on any atom is -0.369 e. The number of rotatable bonds is 5. The highest BCUT2D eigenvalue weighted by atomic mass is 32.2. The molecule has 16 heavy (non-hydrogen) atoms. The second-order valence-corrected chi connectivity index (χ2v) is 5.55. The van der Waals surface area contributed by atoms with E-state index in [0.717, 1.165) is 18.7 Å². The van der Waals surface area contributed by atoms with Gasteiger partial charge in [-0.1, -0.05) is 0 Å². The van der Waals surface area contributed by atoms with Crippen molar-refractivity contribution in [3.63, 3.8) is 0 Å². The maximum absolute atomic E-state index is 11.3. The fraction of sp³-hybridized carbons (Fsp3) is 0.600. The molecular formula is C10H15N3O2S. The SMILES string of the molecule is CS(=O)CCNc1cc(=O)[nH]c(C2CC2)n1. The lowest BCUT2D eigenvalue weighted by atomic mass is 10.4. The molecule has 0 aromatic carbocycles. The van der Waals surface area contributed by atoms with Gasteiger partial charge in [0.25, 0.3) is 5.56 Å². The van der Waals surface area contributed by atoms with Gasteiger partial charge >= 0.3 is 0 Å². The van der Waals surface area contributed by atoms with Gasteiger partial charge in [0.15, 0.2) is 0 Å². The van der Waals surface area contributed by atoms with E-state index in [4.69, 9.17) is 0 Å². The summed E-state index contributed by atoms with van der Waals surface area (Å²) in [5, 5.41) is 3.02. The number of anilines is 1. The van der Waals surface area contributed by atoms with Crippen LogP contribution in [0, 0.1) is 0 Å². The van der Waals surface area contributed by atoms with Crippen molar-refractivity contribution in [1.29, 1.82) is 0 Å². The summed E-state index contributed by atoms with van der Waals surface area (Å²) < 4.78 is 10.9. The number of nitrogens with one attached hydrogen (secondary N) is 2. The Hall–Kier alpha value is -1.17. The lowest BCUT2D eigenvalue weighted by molar-refractivity contribution is 0.687. The number of aromatic amines is 1. The summed E-state index contributed by atoms with van der Waals surface area (Å²) in [5.74, 6) is 2.34. The first-order valence-electron chi connectivity index (χ1n) is 5.30. The molecular weight excluding hydrogens is 226 g/mol. The largest absolute Gasteiger partial charge is 0.369 e. The Morgan fingerprint density at radius 1 is 1.62 bits per heavy atom. The molecule has 1 saturated carbocycles. The quantitative estimate of drug-likeness (QED) is 0.784. The van der Waals surface area contributed by atoms with Crippen LogP contribution >= 0.6 is 0 Å². The van der Waals surface area contributed by atoms with Crippen LogP contribution in [0.2, 0.25) is 0 Å². The van der Waals surface area contributed by atoms with E-state index in [1.54, 1.807) is 6.26 Å². The molecule has 0 spiro atoms. The van der Waals surface area contributed by atoms with E-state index < -0.39 is 10.8 Å². The molecule has 0 saturated heterocycles. The molecule has 0 amide bonds. The number of hydrogen-bond acceptors (Lipinski definition) is 4. The van der Waals surface area contributed by atoms with E-state index in [2.05, 4.69) is 15.3 Å². The van der Waals surface area contributed by atoms with Crippen molar-refractivity contribution in [2.45, 2.75) is 18.8 Å². The fourth-order valence-electron chi connectivity index (χ4n) is 1.44. The molecule has 1 aliphatic rings. The van der Waals surface area contributed by atoms with Crippen molar-refractivity contribution in [1.82, 2.24) is 9.97 Å². The summed E-state index contributed by atoms with van der Waals surface area (Å²) in [5.41, 5.74) is -0.128. The first kappa shape index (κ1) is 11.3. The summed E-state index contributed by atoms with van der Waals surface area (Å²) in [6.07, 6.45) is 3.86. The monoisotopic (exact) mass is 241 g/mol. The Labute approximate surface area is 96.1 Å². The number of nitrogens with zero attached hydrogens (tertiary/aromatic N) is 1. The third-order valence-electron chi connectivity index (χ3n) is 2.42. The maximum Gasteiger partial charge on any atom is 0.252 e. The van der Waals surface area contributed by atoms with Gasteiger partial charge in [0.05, 0.1) is 0 Å². The predicted molar refractivity (Wildman–Crippen MR) is 64.3 cm³/mol. The first-order valence-corrected chi connectivity index (χ1v) is 7.03. The van der Waals surface area contributed by atoms with Gasteiger partial charge < -0.3 is 10.3 Å². The summed E-state index contributed by atoms with van der Waals surface area (Å²) in [4.78, 5) is 18.4. The van der Waals surface area contributed by atoms with Crippen LogP contribution in [0.3, 0.4) is 0 Å². The molecule has 1 aromatic rings. The lowest BCUT2D eigenvalue weighted by Crippen LogP contribution is -2.16. The van der Waals surface area contributed by atoms with Gasteiger partial charge in [-0.15, -0.1) is 0 Å². The minimum absolute atomic E-state index is 0.128. The summed E-state index contributed by atoms with van der Waals surface area (Å²) in [6, 6.07) is 1.43. The highest BCUT2D eigenvalue weighted by molar-refractivity contribution is 7.84. The van der Waals surface area contributed by atoms with Crippen LogP contribution < -0.4 is 10.9 Å². The molecule has 1 fully saturated rings. The third-order valence-corrected chi connectivity index (χ3v) is 3.20. The molecule has 1 aliphatic carbocycles. The Balaban J connectivity index is 2.02. The van der Waals surface area contributed by atoms with E-state index in [1.165, 1.54) is 6.07 Å². The Kier molecular flexibility index (Phi) is 3.38. The number of H-pyrrole nitrogens is 1. The standard InChI is InChI=1S/C10H15N3O2S/c1-16(15)5-4-11-8-6-9(14)13-10(12-8)7-2-3-7/h6-7H,2-5H2,1H3,(H2,11,12,13,14). The van der Waals surface area contributed by atoms with Crippen molar-refractivity contribution in [3.05, 3.63) is 22.2 Å². The van der Waals surface area contributed by atoms with Gasteiger partial charge in [-0.25, -0.2) is 4.98 Å². The maximum atomic E-state index is 11.3. The average molecular weight is 241 g/mol. The molecule has 0 aliphatic heterocycles. The van der Waals surface area contributed by atoms with Crippen LogP contribution in [0.5, 0.6) is 0 Å². The van der Waals surface area contributed by atoms with Crippen molar-refractivity contribution >= 4 is 16.6 Å². The number of aromatic nitrogens is 2. The minimum atomic E-state index is -0.823. The van der Waals surface area contributed by atoms with Crippen molar-refractivity contribution in [2.24, 2.45) is 0 Å². The zero-order valence-corrected chi connectivity index (χ0v) is 9.97. The average Bonchev–Trinajstić information content (AvgIpc) is 2.99. The predicted octanol–water partition coefficient (Wildman–Crippen LogP) is 0.438. The molecule has 1 unspecified atom stereocenters. The molecule has 1 heterocycles. The topological polar surface area (TPSA) is 74.8 Å². The van der Waals surface area contributed by atoms with Gasteiger partial charge in [-0.2, -0.15) is 0 Å². The van der Waals surface area contributed by atoms with Crippen LogP contribution in [-0.4, -0.2) is 32.7 Å². The molecule has 88 valence electrons. The Morgan fingerprint density at radius 2 is 2.38 bits per heavy atom. The van der Waals surface area contributed by atoms with Crippen molar-refractivity contribution < 1.29 is 4.21 Å². The van der Waals surface area contributed by atoms with E-state index >= 15 is 0 Å². The smallest absolute Gasteiger partial charge is 0.252 e. The van der Waals surface area contributed by atoms with E-state index in [-0.39, 0.29) is 5.56 Å². The van der Waals surface area contributed by atoms with E-state index in [0.29, 0.717) is 24.0 Å². The summed E-state index contributed by atoms with van der Waals surface area (Å²) in [6.45, 7) is 0.573. The normalized spacial score (nSPS) is 17.1. The first-order chi connectivity index (χ1) is 7.65. The fourth-order valence-corrected chi connectivity index (χ4v) is 1.83. The van der Waals surface area contributed by atoms with Crippen molar-refractivity contribution in [2.75, 3.05) is 23.9 Å². The van der Waals surface area contributed by atoms with Crippen LogP contribution in [0.15, 0.2) is 10.9 Å². The second kappa shape index (κ2) is 4.78. The highest BCUT2D eigenvalue weighted by Gasteiger charge is 2.26. The Bertz CT molecular complexity index is 454. The molecule has 2 rings (SSSR count). The molecule has 1 atom stereocenters. The van der Waals surface area contributed by atoms with Gasteiger partial charge in [0, 0.05) is 41.3 Å². The van der Waals surface area contributed by atoms with E-state index in [1.807, 2.05) is 0 Å². The van der Waals surface area contributed by atoms with Gasteiger partial charge in [-0.05, 0) is 12.8 Å². The molecule has 1 aromatic heterocycles. The molecule has 2 N–H and O–H groups in total. The van der Waals surface area contributed by atoms with Crippen molar-refractivity contribution in [3.8, 4) is 0 Å². The molecule has 6 heteroatoms. The van der Waals surface area contributed by atoms with Crippen LogP contribution in [0.25, 0.3) is 0 Å². The zero-order valence-electron chi connectivity index (χ0n) is 9.16. The molecule has 0 bridgehead atoms. The van der Waals surface area contributed by atoms with Gasteiger partial charge in [0.2, 0.25) is 0 Å². The van der Waals surface area contributed by atoms with E-state index in [9.17, 15) is 9.00 Å². The second-order valence-electron chi connectivity index (χ2n) is 3.99. The van der Waals surface area contributed by atoms with Gasteiger partial charge in [0.1, 0.15) is 11.6 Å².